The van der Waals surface area contributed by atoms with Gasteiger partial charge >= 0.3 is 6.09 Å². The Labute approximate surface area is 246 Å². The molecule has 0 saturated heterocycles. The molecule has 3 aromatic carbocycles. The number of hydrogen-bond donors (Lipinski definition) is 2. The van der Waals surface area contributed by atoms with E-state index in [1.807, 2.05) is 36.4 Å². The number of carbonyl (C=O) groups excluding carboxylic acids is 3. The molecule has 0 fully saturated rings. The fourth-order valence-corrected chi connectivity index (χ4v) is 4.91. The van der Waals surface area contributed by atoms with Crippen molar-refractivity contribution < 1.29 is 23.9 Å². The zero-order chi connectivity index (χ0) is 30.8. The predicted molar refractivity (Wildman–Crippen MR) is 161 cm³/mol. The monoisotopic (exact) mass is 571 g/mol. The van der Waals surface area contributed by atoms with Crippen LogP contribution in [0.25, 0.3) is 10.8 Å². The van der Waals surface area contributed by atoms with E-state index in [1.54, 1.807) is 64.8 Å². The zero-order valence-electron chi connectivity index (χ0n) is 25.0. The number of likely N-dealkylation sites (N-methyl/N-ethyl adjacent to an activating group) is 1. The summed E-state index contributed by atoms with van der Waals surface area (Å²) in [6.45, 7) is 8.75. The number of nitrogens with zero attached hydrogens (tertiary/aromatic N) is 3. The standard InChI is InChI=1S/C32H37N5O5/c1-19-28(35-29(38)20(2)36(6)31(40)42-32(3,4)5)30(39)37(26-14-12-21(17-33)16-25(26)34-19)18-24-23-11-9-8-10-22(23)13-15-27(24)41-7/h8-16,19-20,28,34H,18H2,1-7H3,(H,35,38)/t19-,20?,28-/m0/s1. The van der Waals surface area contributed by atoms with Crippen LogP contribution in [0.1, 0.15) is 45.7 Å². The molecule has 0 radical (unpaired) electrons. The van der Waals surface area contributed by atoms with Crippen molar-refractivity contribution in [3.63, 3.8) is 0 Å². The number of amides is 3. The van der Waals surface area contributed by atoms with Crippen molar-refractivity contribution in [3.8, 4) is 11.8 Å². The molecule has 0 saturated carbocycles. The van der Waals surface area contributed by atoms with E-state index in [4.69, 9.17) is 9.47 Å². The SMILES string of the molecule is COc1ccc2ccccc2c1CN1C(=O)[C@@H](NC(=O)C(C)N(C)C(=O)OC(C)(C)C)[C@H](C)Nc2cc(C#N)ccc21. The Balaban J connectivity index is 1.72. The highest BCUT2D eigenvalue weighted by Gasteiger charge is 2.38. The van der Waals surface area contributed by atoms with Crippen LogP contribution in [0.3, 0.4) is 0 Å². The van der Waals surface area contributed by atoms with Gasteiger partial charge in [0.25, 0.3) is 5.91 Å². The third kappa shape index (κ3) is 6.25. The lowest BCUT2D eigenvalue weighted by atomic mass is 10.0. The number of hydrogen-bond acceptors (Lipinski definition) is 7. The third-order valence-corrected chi connectivity index (χ3v) is 7.31. The Kier molecular flexibility index (Phi) is 8.62. The summed E-state index contributed by atoms with van der Waals surface area (Å²) < 4.78 is 11.1. The van der Waals surface area contributed by atoms with Crippen LogP contribution >= 0.6 is 0 Å². The Hall–Kier alpha value is -4.78. The first-order valence-electron chi connectivity index (χ1n) is 13.8. The summed E-state index contributed by atoms with van der Waals surface area (Å²) in [6.07, 6.45) is -0.648. The fourth-order valence-electron chi connectivity index (χ4n) is 4.91. The minimum absolute atomic E-state index is 0.149. The van der Waals surface area contributed by atoms with E-state index in [0.717, 1.165) is 16.3 Å². The molecule has 10 nitrogen and oxygen atoms in total. The van der Waals surface area contributed by atoms with E-state index in [2.05, 4.69) is 16.7 Å². The van der Waals surface area contributed by atoms with Crippen molar-refractivity contribution in [1.82, 2.24) is 10.2 Å². The van der Waals surface area contributed by atoms with Crippen LogP contribution in [0.2, 0.25) is 0 Å². The van der Waals surface area contributed by atoms with Crippen LogP contribution in [0, 0.1) is 11.3 Å². The molecule has 1 heterocycles. The molecule has 3 amide bonds. The Morgan fingerprint density at radius 1 is 1.17 bits per heavy atom. The highest BCUT2D eigenvalue weighted by atomic mass is 16.6. The molecule has 0 bridgehead atoms. The number of methoxy groups -OCH3 is 1. The van der Waals surface area contributed by atoms with Crippen molar-refractivity contribution in [2.24, 2.45) is 0 Å². The van der Waals surface area contributed by atoms with Gasteiger partial charge in [-0.15, -0.1) is 0 Å². The molecular formula is C32H37N5O5. The molecule has 10 heteroatoms. The molecule has 0 spiro atoms. The lowest BCUT2D eigenvalue weighted by Crippen LogP contribution is -2.58. The van der Waals surface area contributed by atoms with E-state index < -0.39 is 35.7 Å². The van der Waals surface area contributed by atoms with Crippen LogP contribution in [-0.2, 0) is 20.9 Å². The van der Waals surface area contributed by atoms with Gasteiger partial charge in [0.1, 0.15) is 23.4 Å². The normalized spacial score (nSPS) is 17.3. The Morgan fingerprint density at radius 2 is 1.88 bits per heavy atom. The predicted octanol–water partition coefficient (Wildman–Crippen LogP) is 4.81. The number of benzene rings is 3. The lowest BCUT2D eigenvalue weighted by molar-refractivity contribution is -0.130. The second-order valence-electron chi connectivity index (χ2n) is 11.4. The van der Waals surface area contributed by atoms with Gasteiger partial charge in [0.15, 0.2) is 0 Å². The average Bonchev–Trinajstić information content (AvgIpc) is 3.04. The highest BCUT2D eigenvalue weighted by Crippen LogP contribution is 2.36. The summed E-state index contributed by atoms with van der Waals surface area (Å²) in [5, 5.41) is 17.6. The number of rotatable bonds is 6. The largest absolute Gasteiger partial charge is 0.496 e. The average molecular weight is 572 g/mol. The molecule has 1 unspecified atom stereocenters. The number of nitrogens with one attached hydrogen (secondary N) is 2. The van der Waals surface area contributed by atoms with Crippen molar-refractivity contribution >= 4 is 40.1 Å². The van der Waals surface area contributed by atoms with E-state index >= 15 is 0 Å². The molecule has 220 valence electrons. The van der Waals surface area contributed by atoms with E-state index in [1.165, 1.54) is 11.9 Å². The van der Waals surface area contributed by atoms with Gasteiger partial charge in [-0.1, -0.05) is 30.3 Å². The number of carbonyl (C=O) groups is 3. The van der Waals surface area contributed by atoms with Gasteiger partial charge in [-0.3, -0.25) is 14.5 Å². The maximum Gasteiger partial charge on any atom is 0.410 e. The molecule has 0 aromatic heterocycles. The van der Waals surface area contributed by atoms with Gasteiger partial charge in [0, 0.05) is 12.6 Å². The fraction of sp³-hybridized carbons (Fsp3) is 0.375. The molecule has 1 aliphatic rings. The number of ether oxygens (including phenoxy) is 2. The molecule has 4 rings (SSSR count). The van der Waals surface area contributed by atoms with E-state index in [-0.39, 0.29) is 12.5 Å². The minimum Gasteiger partial charge on any atom is -0.496 e. The van der Waals surface area contributed by atoms with Gasteiger partial charge < -0.3 is 25.0 Å². The molecule has 2 N–H and O–H groups in total. The van der Waals surface area contributed by atoms with Crippen LogP contribution < -0.4 is 20.3 Å². The first-order chi connectivity index (χ1) is 19.8. The van der Waals surface area contributed by atoms with Gasteiger partial charge in [0.2, 0.25) is 5.91 Å². The van der Waals surface area contributed by atoms with Gasteiger partial charge in [-0.25, -0.2) is 4.79 Å². The number of anilines is 2. The lowest BCUT2D eigenvalue weighted by Gasteiger charge is -2.31. The smallest absolute Gasteiger partial charge is 0.410 e. The van der Waals surface area contributed by atoms with Crippen molar-refractivity contribution in [1.29, 1.82) is 5.26 Å². The molecular weight excluding hydrogens is 534 g/mol. The third-order valence-electron chi connectivity index (χ3n) is 7.31. The maximum absolute atomic E-state index is 14.3. The van der Waals surface area contributed by atoms with Crippen LogP contribution in [-0.4, -0.2) is 60.7 Å². The topological polar surface area (TPSA) is 124 Å². The Bertz CT molecular complexity index is 1560. The van der Waals surface area contributed by atoms with Gasteiger partial charge in [-0.05, 0) is 69.7 Å². The molecule has 0 aliphatic carbocycles. The highest BCUT2D eigenvalue weighted by molar-refractivity contribution is 6.05. The first-order valence-corrected chi connectivity index (χ1v) is 13.8. The van der Waals surface area contributed by atoms with E-state index in [9.17, 15) is 19.6 Å². The summed E-state index contributed by atoms with van der Waals surface area (Å²) in [5.41, 5.74) is 1.66. The summed E-state index contributed by atoms with van der Waals surface area (Å²) in [5.74, 6) is -0.245. The second-order valence-corrected chi connectivity index (χ2v) is 11.4. The molecule has 42 heavy (non-hydrogen) atoms. The van der Waals surface area contributed by atoms with Crippen molar-refractivity contribution in [2.45, 2.75) is 64.9 Å². The molecule has 3 atom stereocenters. The minimum atomic E-state index is -0.995. The molecule has 3 aromatic rings. The quantitative estimate of drug-likeness (QED) is 0.435. The van der Waals surface area contributed by atoms with E-state index in [0.29, 0.717) is 22.7 Å². The van der Waals surface area contributed by atoms with Crippen molar-refractivity contribution in [3.05, 3.63) is 65.7 Å². The van der Waals surface area contributed by atoms with Crippen molar-refractivity contribution in [2.75, 3.05) is 24.4 Å². The maximum atomic E-state index is 14.3. The van der Waals surface area contributed by atoms with Gasteiger partial charge in [0.05, 0.1) is 42.7 Å². The first kappa shape index (κ1) is 30.2. The van der Waals surface area contributed by atoms with Crippen LogP contribution in [0.4, 0.5) is 16.2 Å². The number of fused-ring (bicyclic) bond motifs is 2. The molecule has 1 aliphatic heterocycles. The van der Waals surface area contributed by atoms with Crippen LogP contribution in [0.15, 0.2) is 54.6 Å². The second kappa shape index (κ2) is 12.0. The summed E-state index contributed by atoms with van der Waals surface area (Å²) in [7, 11) is 3.06. The number of nitriles is 1. The Morgan fingerprint density at radius 3 is 2.55 bits per heavy atom. The summed E-state index contributed by atoms with van der Waals surface area (Å²) in [6, 6.07) is 16.4. The summed E-state index contributed by atoms with van der Waals surface area (Å²) >= 11 is 0. The van der Waals surface area contributed by atoms with Crippen LogP contribution in [0.5, 0.6) is 5.75 Å². The van der Waals surface area contributed by atoms with Gasteiger partial charge in [-0.2, -0.15) is 5.26 Å². The summed E-state index contributed by atoms with van der Waals surface area (Å²) in [4.78, 5) is 43.2. The zero-order valence-corrected chi connectivity index (χ0v) is 25.0.